The summed E-state index contributed by atoms with van der Waals surface area (Å²) in [7, 11) is 0. The van der Waals surface area contributed by atoms with Crippen molar-refractivity contribution >= 4 is 22.9 Å². The molecule has 1 aromatic heterocycles. The van der Waals surface area contributed by atoms with Crippen LogP contribution in [0.1, 0.15) is 26.6 Å². The molecule has 0 saturated carbocycles. The number of hydrogen-bond acceptors (Lipinski definition) is 4. The lowest BCUT2D eigenvalue weighted by Crippen LogP contribution is -2.12. The van der Waals surface area contributed by atoms with Crippen molar-refractivity contribution in [2.24, 2.45) is 0 Å². The van der Waals surface area contributed by atoms with Crippen molar-refractivity contribution in [3.8, 4) is 5.75 Å². The van der Waals surface area contributed by atoms with Gasteiger partial charge in [0.05, 0.1) is 10.7 Å². The van der Waals surface area contributed by atoms with Crippen LogP contribution in [0.25, 0.3) is 0 Å². The summed E-state index contributed by atoms with van der Waals surface area (Å²) >= 11 is 1.59. The maximum absolute atomic E-state index is 12.4. The molecular weight excluding hydrogens is 320 g/mol. The molecule has 0 aliphatic heterocycles. The third kappa shape index (κ3) is 4.20. The third-order valence-electron chi connectivity index (χ3n) is 3.43. The number of nitrogens with one attached hydrogen (secondary N) is 1. The predicted molar refractivity (Wildman–Crippen MR) is 96.8 cm³/mol. The molecule has 3 aromatic rings. The summed E-state index contributed by atoms with van der Waals surface area (Å²) in [5.41, 5.74) is 3.34. The van der Waals surface area contributed by atoms with Crippen molar-refractivity contribution in [1.82, 2.24) is 4.98 Å². The SMILES string of the molecule is Cc1cccc(NC(=O)c2cccc(OCc3csc(C)n3)c2)c1. The molecule has 0 atom stereocenters. The Morgan fingerprint density at radius 2 is 2.00 bits per heavy atom. The highest BCUT2D eigenvalue weighted by molar-refractivity contribution is 7.09. The maximum atomic E-state index is 12.4. The van der Waals surface area contributed by atoms with Gasteiger partial charge < -0.3 is 10.1 Å². The van der Waals surface area contributed by atoms with Crippen LogP contribution in [0.4, 0.5) is 5.69 Å². The van der Waals surface area contributed by atoms with Crippen LogP contribution in [0.2, 0.25) is 0 Å². The van der Waals surface area contributed by atoms with Gasteiger partial charge in [-0.3, -0.25) is 4.79 Å². The van der Waals surface area contributed by atoms with E-state index in [0.29, 0.717) is 17.9 Å². The lowest BCUT2D eigenvalue weighted by Gasteiger charge is -2.08. The molecule has 0 fully saturated rings. The van der Waals surface area contributed by atoms with Gasteiger partial charge in [-0.25, -0.2) is 4.98 Å². The molecule has 24 heavy (non-hydrogen) atoms. The summed E-state index contributed by atoms with van der Waals surface area (Å²) in [6.07, 6.45) is 0. The monoisotopic (exact) mass is 338 g/mol. The van der Waals surface area contributed by atoms with Crippen molar-refractivity contribution < 1.29 is 9.53 Å². The van der Waals surface area contributed by atoms with Gasteiger partial charge in [-0.1, -0.05) is 18.2 Å². The third-order valence-corrected chi connectivity index (χ3v) is 4.25. The van der Waals surface area contributed by atoms with Crippen molar-refractivity contribution in [3.63, 3.8) is 0 Å². The topological polar surface area (TPSA) is 51.2 Å². The van der Waals surface area contributed by atoms with Gasteiger partial charge in [0.15, 0.2) is 0 Å². The van der Waals surface area contributed by atoms with Crippen LogP contribution in [0.5, 0.6) is 5.75 Å². The number of amides is 1. The molecule has 2 aromatic carbocycles. The van der Waals surface area contributed by atoms with E-state index in [1.165, 1.54) is 0 Å². The van der Waals surface area contributed by atoms with Crippen LogP contribution in [0, 0.1) is 13.8 Å². The fourth-order valence-electron chi connectivity index (χ4n) is 2.29. The zero-order chi connectivity index (χ0) is 16.9. The molecule has 3 rings (SSSR count). The molecular formula is C19H18N2O2S. The molecule has 0 saturated heterocycles. The fraction of sp³-hybridized carbons (Fsp3) is 0.158. The Labute approximate surface area is 145 Å². The number of aryl methyl sites for hydroxylation is 2. The molecule has 122 valence electrons. The molecule has 0 radical (unpaired) electrons. The minimum atomic E-state index is -0.157. The number of thiazole rings is 1. The number of carbonyl (C=O) groups excluding carboxylic acids is 1. The Morgan fingerprint density at radius 3 is 2.75 bits per heavy atom. The zero-order valence-electron chi connectivity index (χ0n) is 13.6. The second-order valence-corrected chi connectivity index (χ2v) is 6.56. The second kappa shape index (κ2) is 7.27. The molecule has 0 unspecified atom stereocenters. The summed E-state index contributed by atoms with van der Waals surface area (Å²) in [6, 6.07) is 14.9. The number of anilines is 1. The maximum Gasteiger partial charge on any atom is 0.255 e. The van der Waals surface area contributed by atoms with Gasteiger partial charge >= 0.3 is 0 Å². The first-order chi connectivity index (χ1) is 11.6. The highest BCUT2D eigenvalue weighted by Crippen LogP contribution is 2.18. The zero-order valence-corrected chi connectivity index (χ0v) is 14.4. The molecule has 1 heterocycles. The quantitative estimate of drug-likeness (QED) is 0.740. The van der Waals surface area contributed by atoms with Gasteiger partial charge in [-0.05, 0) is 49.7 Å². The van der Waals surface area contributed by atoms with Gasteiger partial charge in [-0.15, -0.1) is 11.3 Å². The minimum Gasteiger partial charge on any atom is -0.487 e. The predicted octanol–water partition coefficient (Wildman–Crippen LogP) is 4.59. The van der Waals surface area contributed by atoms with Crippen LogP contribution < -0.4 is 10.1 Å². The van der Waals surface area contributed by atoms with Crippen molar-refractivity contribution in [1.29, 1.82) is 0 Å². The van der Waals surface area contributed by atoms with E-state index in [1.807, 2.05) is 55.6 Å². The normalized spacial score (nSPS) is 10.4. The van der Waals surface area contributed by atoms with Gasteiger partial charge in [-0.2, -0.15) is 0 Å². The Morgan fingerprint density at radius 1 is 1.17 bits per heavy atom. The van der Waals surface area contributed by atoms with Crippen LogP contribution in [-0.4, -0.2) is 10.9 Å². The molecule has 4 nitrogen and oxygen atoms in total. The van der Waals surface area contributed by atoms with E-state index in [4.69, 9.17) is 4.74 Å². The average molecular weight is 338 g/mol. The molecule has 0 bridgehead atoms. The van der Waals surface area contributed by atoms with Gasteiger partial charge in [0.2, 0.25) is 0 Å². The van der Waals surface area contributed by atoms with Gasteiger partial charge in [0, 0.05) is 16.6 Å². The Balaban J connectivity index is 1.66. The fourth-order valence-corrected chi connectivity index (χ4v) is 2.88. The average Bonchev–Trinajstić information content (AvgIpc) is 2.99. The first kappa shape index (κ1) is 16.2. The number of ether oxygens (including phenoxy) is 1. The van der Waals surface area contributed by atoms with Crippen molar-refractivity contribution in [3.05, 3.63) is 75.7 Å². The van der Waals surface area contributed by atoms with Crippen LogP contribution in [0.3, 0.4) is 0 Å². The van der Waals surface area contributed by atoms with Crippen molar-refractivity contribution in [2.75, 3.05) is 5.32 Å². The van der Waals surface area contributed by atoms with Crippen LogP contribution in [0.15, 0.2) is 53.9 Å². The van der Waals surface area contributed by atoms with Gasteiger partial charge in [0.1, 0.15) is 12.4 Å². The molecule has 5 heteroatoms. The van der Waals surface area contributed by atoms with E-state index in [2.05, 4.69) is 10.3 Å². The number of nitrogens with zero attached hydrogens (tertiary/aromatic N) is 1. The van der Waals surface area contributed by atoms with E-state index >= 15 is 0 Å². The standard InChI is InChI=1S/C19H18N2O2S/c1-13-5-3-7-16(9-13)21-19(22)15-6-4-8-18(10-15)23-11-17-12-24-14(2)20-17/h3-10,12H,11H2,1-2H3,(H,21,22). The lowest BCUT2D eigenvalue weighted by molar-refractivity contribution is 0.102. The first-order valence-electron chi connectivity index (χ1n) is 7.62. The second-order valence-electron chi connectivity index (χ2n) is 5.50. The largest absolute Gasteiger partial charge is 0.487 e. The van der Waals surface area contributed by atoms with E-state index in [-0.39, 0.29) is 5.91 Å². The number of rotatable bonds is 5. The highest BCUT2D eigenvalue weighted by Gasteiger charge is 2.08. The Bertz CT molecular complexity index is 858. The molecule has 0 aliphatic rings. The molecule has 0 aliphatic carbocycles. The summed E-state index contributed by atoms with van der Waals surface area (Å²) in [5, 5.41) is 5.89. The van der Waals surface area contributed by atoms with E-state index < -0.39 is 0 Å². The Hall–Kier alpha value is -2.66. The molecule has 0 spiro atoms. The van der Waals surface area contributed by atoms with Crippen LogP contribution in [-0.2, 0) is 6.61 Å². The number of aromatic nitrogens is 1. The first-order valence-corrected chi connectivity index (χ1v) is 8.50. The number of benzene rings is 2. The summed E-state index contributed by atoms with van der Waals surface area (Å²) < 4.78 is 5.73. The lowest BCUT2D eigenvalue weighted by atomic mass is 10.2. The smallest absolute Gasteiger partial charge is 0.255 e. The molecule has 1 N–H and O–H groups in total. The Kier molecular flexibility index (Phi) is 4.91. The summed E-state index contributed by atoms with van der Waals surface area (Å²) in [6.45, 7) is 4.35. The number of carbonyl (C=O) groups is 1. The van der Waals surface area contributed by atoms with E-state index in [0.717, 1.165) is 22.0 Å². The molecule has 1 amide bonds. The van der Waals surface area contributed by atoms with E-state index in [1.54, 1.807) is 23.5 Å². The van der Waals surface area contributed by atoms with E-state index in [9.17, 15) is 4.79 Å². The summed E-state index contributed by atoms with van der Waals surface area (Å²) in [4.78, 5) is 16.7. The van der Waals surface area contributed by atoms with Gasteiger partial charge in [0.25, 0.3) is 5.91 Å². The van der Waals surface area contributed by atoms with Crippen molar-refractivity contribution in [2.45, 2.75) is 20.5 Å². The van der Waals surface area contributed by atoms with Crippen LogP contribution >= 0.6 is 11.3 Å². The minimum absolute atomic E-state index is 0.157. The number of hydrogen-bond donors (Lipinski definition) is 1. The summed E-state index contributed by atoms with van der Waals surface area (Å²) in [5.74, 6) is 0.494. The highest BCUT2D eigenvalue weighted by atomic mass is 32.1.